The van der Waals surface area contributed by atoms with Crippen LogP contribution < -0.4 is 5.32 Å². The normalized spacial score (nSPS) is 27.9. The Morgan fingerprint density at radius 3 is 2.79 bits per heavy atom. The molecule has 1 fully saturated rings. The monoisotopic (exact) mass is 200 g/mol. The summed E-state index contributed by atoms with van der Waals surface area (Å²) >= 11 is 0. The molecule has 0 radical (unpaired) electrons. The van der Waals surface area contributed by atoms with Crippen LogP contribution in [0.3, 0.4) is 0 Å². The highest BCUT2D eigenvalue weighted by Crippen LogP contribution is 2.21. The maximum Gasteiger partial charge on any atom is 0.234 e. The van der Waals surface area contributed by atoms with Crippen LogP contribution in [0, 0.1) is 5.92 Å². The Hall–Kier alpha value is -0.610. The molecule has 2 unspecified atom stereocenters. The molecule has 14 heavy (non-hydrogen) atoms. The summed E-state index contributed by atoms with van der Waals surface area (Å²) in [5.41, 5.74) is 0. The highest BCUT2D eigenvalue weighted by molar-refractivity contribution is 5.78. The van der Waals surface area contributed by atoms with E-state index in [0.29, 0.717) is 25.0 Å². The van der Waals surface area contributed by atoms with Gasteiger partial charge in [-0.3, -0.25) is 9.69 Å². The Balaban J connectivity index is 2.26. The van der Waals surface area contributed by atoms with Gasteiger partial charge in [-0.2, -0.15) is 0 Å². The molecule has 82 valence electrons. The van der Waals surface area contributed by atoms with Crippen LogP contribution in [-0.4, -0.2) is 48.2 Å². The molecule has 0 saturated carbocycles. The predicted octanol–water partition coefficient (Wildman–Crippen LogP) is -0.175. The van der Waals surface area contributed by atoms with Crippen molar-refractivity contribution in [1.82, 2.24) is 10.2 Å². The number of nitrogens with zero attached hydrogens (tertiary/aromatic N) is 1. The molecule has 4 heteroatoms. The molecule has 0 aliphatic carbocycles. The van der Waals surface area contributed by atoms with E-state index in [1.807, 2.05) is 0 Å². The molecule has 1 aliphatic rings. The number of likely N-dealkylation sites (tertiary alicyclic amines) is 1. The Morgan fingerprint density at radius 1 is 1.57 bits per heavy atom. The second-order valence-electron chi connectivity index (χ2n) is 4.19. The van der Waals surface area contributed by atoms with Crippen LogP contribution in [0.25, 0.3) is 0 Å². The second kappa shape index (κ2) is 5.32. The quantitative estimate of drug-likeness (QED) is 0.662. The van der Waals surface area contributed by atoms with Crippen LogP contribution in [0.5, 0.6) is 0 Å². The van der Waals surface area contributed by atoms with Crippen LogP contribution in [0.4, 0.5) is 0 Å². The summed E-state index contributed by atoms with van der Waals surface area (Å²) in [6, 6.07) is 0.505. The highest BCUT2D eigenvalue weighted by atomic mass is 16.3. The lowest BCUT2D eigenvalue weighted by molar-refractivity contribution is -0.122. The van der Waals surface area contributed by atoms with E-state index in [2.05, 4.69) is 24.1 Å². The fourth-order valence-corrected chi connectivity index (χ4v) is 2.04. The van der Waals surface area contributed by atoms with Gasteiger partial charge in [-0.15, -0.1) is 0 Å². The van der Waals surface area contributed by atoms with Gasteiger partial charge in [-0.25, -0.2) is 0 Å². The molecule has 0 aromatic carbocycles. The lowest BCUT2D eigenvalue weighted by atomic mass is 10.1. The number of rotatable bonds is 4. The van der Waals surface area contributed by atoms with E-state index in [1.54, 1.807) is 0 Å². The summed E-state index contributed by atoms with van der Waals surface area (Å²) < 4.78 is 0. The maximum absolute atomic E-state index is 11.3. The van der Waals surface area contributed by atoms with Crippen molar-refractivity contribution in [1.29, 1.82) is 0 Å². The number of amides is 1. The van der Waals surface area contributed by atoms with Crippen LogP contribution in [-0.2, 0) is 4.79 Å². The fraction of sp³-hybridized carbons (Fsp3) is 0.900. The van der Waals surface area contributed by atoms with Crippen molar-refractivity contribution in [3.63, 3.8) is 0 Å². The Labute approximate surface area is 85.3 Å². The molecule has 0 aromatic heterocycles. The van der Waals surface area contributed by atoms with Gasteiger partial charge in [0.1, 0.15) is 0 Å². The summed E-state index contributed by atoms with van der Waals surface area (Å²) in [6.07, 6.45) is 1.17. The minimum Gasteiger partial charge on any atom is -0.395 e. The molecule has 1 amide bonds. The third-order valence-corrected chi connectivity index (χ3v) is 2.69. The fourth-order valence-electron chi connectivity index (χ4n) is 2.04. The zero-order chi connectivity index (χ0) is 10.6. The van der Waals surface area contributed by atoms with Gasteiger partial charge in [0.15, 0.2) is 0 Å². The van der Waals surface area contributed by atoms with E-state index >= 15 is 0 Å². The molecule has 0 aromatic rings. The smallest absolute Gasteiger partial charge is 0.234 e. The van der Waals surface area contributed by atoms with Crippen molar-refractivity contribution >= 4 is 5.91 Å². The van der Waals surface area contributed by atoms with Crippen LogP contribution >= 0.6 is 0 Å². The van der Waals surface area contributed by atoms with Gasteiger partial charge in [-0.1, -0.05) is 6.92 Å². The van der Waals surface area contributed by atoms with E-state index in [1.165, 1.54) is 6.42 Å². The summed E-state index contributed by atoms with van der Waals surface area (Å²) in [4.78, 5) is 13.5. The third-order valence-electron chi connectivity index (χ3n) is 2.69. The van der Waals surface area contributed by atoms with Crippen molar-refractivity contribution < 1.29 is 9.90 Å². The minimum absolute atomic E-state index is 0.0116. The highest BCUT2D eigenvalue weighted by Gasteiger charge is 2.27. The molecule has 2 atom stereocenters. The number of carbonyl (C=O) groups excluding carboxylic acids is 1. The van der Waals surface area contributed by atoms with Crippen molar-refractivity contribution in [3.8, 4) is 0 Å². The molecule has 0 spiro atoms. The zero-order valence-electron chi connectivity index (χ0n) is 8.99. The van der Waals surface area contributed by atoms with Crippen LogP contribution in [0.1, 0.15) is 20.3 Å². The van der Waals surface area contributed by atoms with E-state index in [4.69, 9.17) is 5.11 Å². The minimum atomic E-state index is 0.0116. The second-order valence-corrected chi connectivity index (χ2v) is 4.19. The third kappa shape index (κ3) is 3.27. The topological polar surface area (TPSA) is 52.6 Å². The first-order valence-electron chi connectivity index (χ1n) is 5.25. The summed E-state index contributed by atoms with van der Waals surface area (Å²) in [6.45, 7) is 6.21. The molecular formula is C10H20N2O2. The van der Waals surface area contributed by atoms with Gasteiger partial charge in [0.05, 0.1) is 13.2 Å². The summed E-state index contributed by atoms with van der Waals surface area (Å²) in [5.74, 6) is 0.704. The van der Waals surface area contributed by atoms with Crippen molar-refractivity contribution in [2.45, 2.75) is 26.3 Å². The standard InChI is InChI=1S/C10H20N2O2/c1-8-5-9(2)12(6-8)7-10(14)11-3-4-13/h8-9,13H,3-7H2,1-2H3,(H,11,14). The van der Waals surface area contributed by atoms with Gasteiger partial charge >= 0.3 is 0 Å². The zero-order valence-corrected chi connectivity index (χ0v) is 8.99. The number of nitrogens with one attached hydrogen (secondary N) is 1. The molecule has 1 heterocycles. The molecule has 1 aliphatic heterocycles. The molecular weight excluding hydrogens is 180 g/mol. The molecule has 1 saturated heterocycles. The first kappa shape index (κ1) is 11.5. The van der Waals surface area contributed by atoms with Gasteiger partial charge < -0.3 is 10.4 Å². The van der Waals surface area contributed by atoms with Gasteiger partial charge in [0.25, 0.3) is 0 Å². The summed E-state index contributed by atoms with van der Waals surface area (Å²) in [7, 11) is 0. The molecule has 1 rings (SSSR count). The summed E-state index contributed by atoms with van der Waals surface area (Å²) in [5, 5.41) is 11.2. The first-order chi connectivity index (χ1) is 6.63. The van der Waals surface area contributed by atoms with E-state index in [-0.39, 0.29) is 12.5 Å². The number of aliphatic hydroxyl groups excluding tert-OH is 1. The molecule has 4 nitrogen and oxygen atoms in total. The SMILES string of the molecule is CC1CC(C)N(CC(=O)NCCO)C1. The maximum atomic E-state index is 11.3. The van der Waals surface area contributed by atoms with Crippen molar-refractivity contribution in [3.05, 3.63) is 0 Å². The average molecular weight is 200 g/mol. The number of hydrogen-bond donors (Lipinski definition) is 2. The number of aliphatic hydroxyl groups is 1. The van der Waals surface area contributed by atoms with E-state index < -0.39 is 0 Å². The van der Waals surface area contributed by atoms with Gasteiger partial charge in [-0.05, 0) is 19.3 Å². The van der Waals surface area contributed by atoms with Crippen LogP contribution in [0.15, 0.2) is 0 Å². The van der Waals surface area contributed by atoms with Crippen LogP contribution in [0.2, 0.25) is 0 Å². The average Bonchev–Trinajstić information content (AvgIpc) is 2.42. The largest absolute Gasteiger partial charge is 0.395 e. The number of hydrogen-bond acceptors (Lipinski definition) is 3. The van der Waals surface area contributed by atoms with E-state index in [0.717, 1.165) is 6.54 Å². The number of carbonyl (C=O) groups is 1. The first-order valence-corrected chi connectivity index (χ1v) is 5.25. The predicted molar refractivity (Wildman–Crippen MR) is 54.9 cm³/mol. The Morgan fingerprint density at radius 2 is 2.29 bits per heavy atom. The van der Waals surface area contributed by atoms with Gasteiger partial charge in [0.2, 0.25) is 5.91 Å². The van der Waals surface area contributed by atoms with Crippen molar-refractivity contribution in [2.75, 3.05) is 26.2 Å². The lowest BCUT2D eigenvalue weighted by Crippen LogP contribution is -2.39. The molecule has 0 bridgehead atoms. The lowest BCUT2D eigenvalue weighted by Gasteiger charge is -2.19. The van der Waals surface area contributed by atoms with Crippen molar-refractivity contribution in [2.24, 2.45) is 5.92 Å². The Kier molecular flexibility index (Phi) is 4.35. The molecule has 2 N–H and O–H groups in total. The Bertz CT molecular complexity index is 197. The van der Waals surface area contributed by atoms with Gasteiger partial charge in [0, 0.05) is 19.1 Å². The van der Waals surface area contributed by atoms with E-state index in [9.17, 15) is 4.79 Å².